The molecule has 0 N–H and O–H groups in total. The minimum Gasteiger partial charge on any atom is -0.352 e. The van der Waals surface area contributed by atoms with E-state index < -0.39 is 0 Å². The largest absolute Gasteiger partial charge is 0.352 e. The van der Waals surface area contributed by atoms with Crippen LogP contribution in [0, 0.1) is 5.92 Å². The average molecular weight is 337 g/mol. The van der Waals surface area contributed by atoms with Crippen molar-refractivity contribution in [3.63, 3.8) is 0 Å². The summed E-state index contributed by atoms with van der Waals surface area (Å²) in [7, 11) is 0. The first-order valence-corrected chi connectivity index (χ1v) is 9.10. The minimum atomic E-state index is 0.312. The van der Waals surface area contributed by atoms with Crippen molar-refractivity contribution in [3.8, 4) is 0 Å². The maximum absolute atomic E-state index is 12.4. The molecule has 0 atom stereocenters. The van der Waals surface area contributed by atoms with Crippen molar-refractivity contribution >= 4 is 23.3 Å². The molecule has 5 nitrogen and oxygen atoms in total. The summed E-state index contributed by atoms with van der Waals surface area (Å²) in [4.78, 5) is 24.9. The number of hydrogen-bond acceptors (Lipinski definition) is 4. The van der Waals surface area contributed by atoms with Crippen LogP contribution in [0.5, 0.6) is 0 Å². The van der Waals surface area contributed by atoms with Crippen molar-refractivity contribution in [2.45, 2.75) is 44.9 Å². The van der Waals surface area contributed by atoms with Gasteiger partial charge in [0.25, 0.3) is 0 Å². The molecule has 1 aromatic heterocycles. The Morgan fingerprint density at radius 1 is 1.13 bits per heavy atom. The van der Waals surface area contributed by atoms with E-state index in [-0.39, 0.29) is 0 Å². The number of hydrogen-bond donors (Lipinski definition) is 0. The Balaban J connectivity index is 1.43. The molecule has 1 amide bonds. The molecule has 126 valence electrons. The van der Waals surface area contributed by atoms with Crippen LogP contribution in [0.4, 0.5) is 5.82 Å². The Morgan fingerprint density at radius 2 is 1.87 bits per heavy atom. The van der Waals surface area contributed by atoms with Gasteiger partial charge >= 0.3 is 0 Å². The van der Waals surface area contributed by atoms with E-state index in [1.165, 1.54) is 38.3 Å². The number of anilines is 1. The zero-order valence-electron chi connectivity index (χ0n) is 13.6. The van der Waals surface area contributed by atoms with Gasteiger partial charge in [-0.15, -0.1) is 0 Å². The van der Waals surface area contributed by atoms with Crippen LogP contribution in [0.15, 0.2) is 12.4 Å². The molecule has 2 fully saturated rings. The standard InChI is InChI=1S/C17H25ClN4O/c18-15-12-19-13-16(20-15)21-8-10-22(11-9-21)17(23)7-6-14-4-2-1-3-5-14/h12-14H,1-11H2. The molecule has 0 bridgehead atoms. The van der Waals surface area contributed by atoms with Crippen molar-refractivity contribution < 1.29 is 4.79 Å². The van der Waals surface area contributed by atoms with Gasteiger partial charge in [-0.3, -0.25) is 9.78 Å². The monoisotopic (exact) mass is 336 g/mol. The number of aromatic nitrogens is 2. The van der Waals surface area contributed by atoms with E-state index in [0.29, 0.717) is 17.5 Å². The molecule has 23 heavy (non-hydrogen) atoms. The van der Waals surface area contributed by atoms with Gasteiger partial charge in [-0.25, -0.2) is 4.98 Å². The lowest BCUT2D eigenvalue weighted by molar-refractivity contribution is -0.131. The number of nitrogens with zero attached hydrogens (tertiary/aromatic N) is 4. The molecule has 0 aromatic carbocycles. The summed E-state index contributed by atoms with van der Waals surface area (Å²) >= 11 is 5.89. The molecule has 0 unspecified atom stereocenters. The molecule has 1 aromatic rings. The Kier molecular flexibility index (Phi) is 5.70. The number of carbonyl (C=O) groups is 1. The highest BCUT2D eigenvalue weighted by Crippen LogP contribution is 2.27. The lowest BCUT2D eigenvalue weighted by Crippen LogP contribution is -2.49. The van der Waals surface area contributed by atoms with Crippen molar-refractivity contribution in [2.75, 3.05) is 31.1 Å². The summed E-state index contributed by atoms with van der Waals surface area (Å²) < 4.78 is 0. The first kappa shape index (κ1) is 16.5. The van der Waals surface area contributed by atoms with Crippen LogP contribution in [-0.4, -0.2) is 47.0 Å². The third-order valence-electron chi connectivity index (χ3n) is 5.04. The van der Waals surface area contributed by atoms with E-state index in [4.69, 9.17) is 11.6 Å². The molecule has 2 heterocycles. The first-order valence-electron chi connectivity index (χ1n) is 8.72. The number of piperazine rings is 1. The second-order valence-corrected chi connectivity index (χ2v) is 7.00. The summed E-state index contributed by atoms with van der Waals surface area (Å²) in [6, 6.07) is 0. The molecule has 1 saturated heterocycles. The summed E-state index contributed by atoms with van der Waals surface area (Å²) in [6.07, 6.45) is 11.7. The van der Waals surface area contributed by atoms with Crippen LogP contribution < -0.4 is 4.90 Å². The van der Waals surface area contributed by atoms with Crippen molar-refractivity contribution in [1.82, 2.24) is 14.9 Å². The number of carbonyl (C=O) groups excluding carboxylic acids is 1. The third kappa shape index (κ3) is 4.56. The maximum Gasteiger partial charge on any atom is 0.222 e. The van der Waals surface area contributed by atoms with E-state index in [1.807, 2.05) is 4.90 Å². The lowest BCUT2D eigenvalue weighted by Gasteiger charge is -2.35. The number of rotatable bonds is 4. The van der Waals surface area contributed by atoms with Crippen molar-refractivity contribution in [1.29, 1.82) is 0 Å². The summed E-state index contributed by atoms with van der Waals surface area (Å²) in [5.74, 6) is 1.88. The molecule has 1 aliphatic carbocycles. The predicted octanol–water partition coefficient (Wildman–Crippen LogP) is 3.14. The molecule has 3 rings (SSSR count). The fourth-order valence-electron chi connectivity index (χ4n) is 3.63. The first-order chi connectivity index (χ1) is 11.2. The topological polar surface area (TPSA) is 49.3 Å². The second-order valence-electron chi connectivity index (χ2n) is 6.61. The fraction of sp³-hybridized carbons (Fsp3) is 0.706. The zero-order chi connectivity index (χ0) is 16.1. The van der Waals surface area contributed by atoms with E-state index in [0.717, 1.165) is 44.3 Å². The molecule has 1 saturated carbocycles. The van der Waals surface area contributed by atoms with Crippen molar-refractivity contribution in [2.24, 2.45) is 5.92 Å². The number of amides is 1. The molecular formula is C17H25ClN4O. The highest BCUT2D eigenvalue weighted by Gasteiger charge is 2.23. The van der Waals surface area contributed by atoms with E-state index in [9.17, 15) is 4.79 Å². The fourth-order valence-corrected chi connectivity index (χ4v) is 3.77. The van der Waals surface area contributed by atoms with Gasteiger partial charge in [0, 0.05) is 32.6 Å². The zero-order valence-corrected chi connectivity index (χ0v) is 14.3. The summed E-state index contributed by atoms with van der Waals surface area (Å²) in [6.45, 7) is 3.11. The molecule has 6 heteroatoms. The van der Waals surface area contributed by atoms with E-state index >= 15 is 0 Å². The second kappa shape index (κ2) is 7.95. The van der Waals surface area contributed by atoms with Gasteiger partial charge in [-0.05, 0) is 12.3 Å². The van der Waals surface area contributed by atoms with Gasteiger partial charge < -0.3 is 9.80 Å². The normalized spacial score (nSPS) is 19.9. The van der Waals surface area contributed by atoms with Crippen LogP contribution in [0.3, 0.4) is 0 Å². The Labute approximate surface area is 143 Å². The van der Waals surface area contributed by atoms with Crippen LogP contribution in [0.2, 0.25) is 5.15 Å². The lowest BCUT2D eigenvalue weighted by atomic mass is 9.86. The highest BCUT2D eigenvalue weighted by molar-refractivity contribution is 6.29. The number of halogens is 1. The highest BCUT2D eigenvalue weighted by atomic mass is 35.5. The van der Waals surface area contributed by atoms with Gasteiger partial charge in [-0.2, -0.15) is 0 Å². The predicted molar refractivity (Wildman–Crippen MR) is 91.6 cm³/mol. The van der Waals surface area contributed by atoms with Crippen LogP contribution in [0.1, 0.15) is 44.9 Å². The van der Waals surface area contributed by atoms with Gasteiger partial charge in [0.15, 0.2) is 0 Å². The summed E-state index contributed by atoms with van der Waals surface area (Å²) in [5.41, 5.74) is 0. The third-order valence-corrected chi connectivity index (χ3v) is 5.22. The molecule has 0 radical (unpaired) electrons. The van der Waals surface area contributed by atoms with Crippen molar-refractivity contribution in [3.05, 3.63) is 17.5 Å². The van der Waals surface area contributed by atoms with Crippen LogP contribution in [-0.2, 0) is 4.79 Å². The van der Waals surface area contributed by atoms with Gasteiger partial charge in [0.2, 0.25) is 5.91 Å². The maximum atomic E-state index is 12.4. The van der Waals surface area contributed by atoms with Crippen LogP contribution >= 0.6 is 11.6 Å². The molecule has 1 aliphatic heterocycles. The van der Waals surface area contributed by atoms with E-state index in [1.54, 1.807) is 6.20 Å². The molecule has 0 spiro atoms. The van der Waals surface area contributed by atoms with Gasteiger partial charge in [0.05, 0.1) is 12.4 Å². The van der Waals surface area contributed by atoms with E-state index in [2.05, 4.69) is 14.9 Å². The molecule has 2 aliphatic rings. The van der Waals surface area contributed by atoms with Gasteiger partial charge in [-0.1, -0.05) is 43.7 Å². The quantitative estimate of drug-likeness (QED) is 0.847. The Morgan fingerprint density at radius 3 is 2.57 bits per heavy atom. The Hall–Kier alpha value is -1.36. The van der Waals surface area contributed by atoms with Gasteiger partial charge in [0.1, 0.15) is 11.0 Å². The Bertz CT molecular complexity index is 525. The van der Waals surface area contributed by atoms with Crippen LogP contribution in [0.25, 0.3) is 0 Å². The molecular weight excluding hydrogens is 312 g/mol. The smallest absolute Gasteiger partial charge is 0.222 e. The summed E-state index contributed by atoms with van der Waals surface area (Å²) in [5, 5.41) is 0.411. The SMILES string of the molecule is O=C(CCC1CCCCC1)N1CCN(c2cncc(Cl)n2)CC1. The minimum absolute atomic E-state index is 0.312. The average Bonchev–Trinajstić information content (AvgIpc) is 2.61.